The number of rotatable bonds is 4. The predicted molar refractivity (Wildman–Crippen MR) is 67.5 cm³/mol. The summed E-state index contributed by atoms with van der Waals surface area (Å²) in [6.07, 6.45) is 1.02. The molecule has 1 aromatic rings. The zero-order chi connectivity index (χ0) is 9.68. The summed E-state index contributed by atoms with van der Waals surface area (Å²) in [5, 5.41) is 0. The second-order valence-electron chi connectivity index (χ2n) is 2.53. The second-order valence-corrected chi connectivity index (χ2v) is 5.13. The summed E-state index contributed by atoms with van der Waals surface area (Å²) < 4.78 is 7.78. The highest BCUT2D eigenvalue weighted by molar-refractivity contribution is 14.1. The van der Waals surface area contributed by atoms with Gasteiger partial charge in [-0.3, -0.25) is 0 Å². The molecule has 0 heterocycles. The van der Waals surface area contributed by atoms with Crippen molar-refractivity contribution in [2.45, 2.75) is 12.5 Å². The van der Waals surface area contributed by atoms with Gasteiger partial charge in [0.1, 0.15) is 5.75 Å². The van der Waals surface area contributed by atoms with Crippen molar-refractivity contribution in [3.63, 3.8) is 0 Å². The minimum Gasteiger partial charge on any atom is -0.492 e. The lowest BCUT2D eigenvalue weighted by Gasteiger charge is -2.07. The van der Waals surface area contributed by atoms with E-state index >= 15 is 0 Å². The number of halogens is 2. The first kappa shape index (κ1) is 11.5. The Hall–Kier alpha value is 0.447. The molecule has 0 aliphatic carbocycles. The highest BCUT2D eigenvalue weighted by Gasteiger charge is 2.00. The van der Waals surface area contributed by atoms with Gasteiger partial charge in [-0.1, -0.05) is 6.04 Å². The van der Waals surface area contributed by atoms with E-state index in [1.807, 2.05) is 18.2 Å². The van der Waals surface area contributed by atoms with Crippen LogP contribution in [0.4, 0.5) is 0 Å². The molecule has 1 aromatic carbocycles. The van der Waals surface area contributed by atoms with Gasteiger partial charge in [-0.15, -0.1) is 0 Å². The van der Waals surface area contributed by atoms with E-state index in [0.29, 0.717) is 0 Å². The molecule has 0 amide bonds. The van der Waals surface area contributed by atoms with Crippen LogP contribution in [0.25, 0.3) is 0 Å². The molecule has 4 heteroatoms. The van der Waals surface area contributed by atoms with E-state index in [2.05, 4.69) is 48.8 Å². The maximum atomic E-state index is 5.55. The summed E-state index contributed by atoms with van der Waals surface area (Å²) in [6, 6.07) is 7.04. The average Bonchev–Trinajstić information content (AvgIpc) is 2.09. The number of hydrogen-bond donors (Lipinski definition) is 0. The summed E-state index contributed by atoms with van der Waals surface area (Å²) >= 11 is 5.73. The first-order chi connectivity index (χ1) is 6.24. The van der Waals surface area contributed by atoms with Crippen molar-refractivity contribution in [2.75, 3.05) is 6.61 Å². The zero-order valence-electron chi connectivity index (χ0n) is 7.02. The van der Waals surface area contributed by atoms with Gasteiger partial charge < -0.3 is 4.74 Å². The van der Waals surface area contributed by atoms with Crippen molar-refractivity contribution in [1.82, 2.24) is 0 Å². The van der Waals surface area contributed by atoms with Crippen LogP contribution in [0.2, 0.25) is 6.04 Å². The van der Waals surface area contributed by atoms with Gasteiger partial charge in [0.25, 0.3) is 0 Å². The van der Waals surface area contributed by atoms with Crippen molar-refractivity contribution >= 4 is 48.8 Å². The lowest BCUT2D eigenvalue weighted by molar-refractivity contribution is 0.315. The summed E-state index contributed by atoms with van der Waals surface area (Å²) in [5.74, 6) is 0.917. The van der Waals surface area contributed by atoms with Crippen LogP contribution in [0.15, 0.2) is 22.7 Å². The standard InChI is InChI=1S/C9H9BrIOSi/c10-8-6-7(11)2-3-9(8)12-4-1-5-13/h2-3,6H,1,4-5H2. The topological polar surface area (TPSA) is 9.23 Å². The van der Waals surface area contributed by atoms with Crippen molar-refractivity contribution in [3.8, 4) is 5.75 Å². The Labute approximate surface area is 104 Å². The lowest BCUT2D eigenvalue weighted by atomic mass is 10.3. The molecule has 0 bridgehead atoms. The summed E-state index contributed by atoms with van der Waals surface area (Å²) in [4.78, 5) is 0. The number of hydrogen-bond acceptors (Lipinski definition) is 1. The van der Waals surface area contributed by atoms with E-state index in [4.69, 9.17) is 4.74 Å². The predicted octanol–water partition coefficient (Wildman–Crippen LogP) is 3.41. The van der Waals surface area contributed by atoms with Crippen LogP contribution in [0.3, 0.4) is 0 Å². The Kier molecular flexibility index (Phi) is 5.34. The quantitative estimate of drug-likeness (QED) is 0.450. The fraction of sp³-hybridized carbons (Fsp3) is 0.333. The molecule has 69 valence electrons. The molecule has 0 saturated heterocycles. The van der Waals surface area contributed by atoms with E-state index < -0.39 is 0 Å². The van der Waals surface area contributed by atoms with E-state index in [0.717, 1.165) is 29.3 Å². The minimum atomic E-state index is 0.753. The Morgan fingerprint density at radius 3 is 2.85 bits per heavy atom. The van der Waals surface area contributed by atoms with Gasteiger partial charge in [0.05, 0.1) is 11.1 Å². The van der Waals surface area contributed by atoms with Crippen molar-refractivity contribution in [3.05, 3.63) is 26.2 Å². The van der Waals surface area contributed by atoms with Crippen LogP contribution >= 0.6 is 38.5 Å². The first-order valence-electron chi connectivity index (χ1n) is 3.96. The average molecular weight is 368 g/mol. The van der Waals surface area contributed by atoms with Gasteiger partial charge in [0.2, 0.25) is 0 Å². The van der Waals surface area contributed by atoms with Crippen LogP contribution in [-0.4, -0.2) is 16.8 Å². The van der Waals surface area contributed by atoms with Gasteiger partial charge in [-0.05, 0) is 63.1 Å². The molecular formula is C9H9BrIOSi. The Morgan fingerprint density at radius 1 is 1.46 bits per heavy atom. The SMILES string of the molecule is [Si]CCCOc1ccc(I)cc1Br. The Morgan fingerprint density at radius 2 is 2.23 bits per heavy atom. The molecule has 3 radical (unpaired) electrons. The fourth-order valence-electron chi connectivity index (χ4n) is 0.847. The maximum absolute atomic E-state index is 5.55. The lowest BCUT2D eigenvalue weighted by Crippen LogP contribution is -1.97. The highest BCUT2D eigenvalue weighted by atomic mass is 127. The third kappa shape index (κ3) is 3.99. The minimum absolute atomic E-state index is 0.753. The largest absolute Gasteiger partial charge is 0.492 e. The molecular weight excluding hydrogens is 359 g/mol. The monoisotopic (exact) mass is 367 g/mol. The van der Waals surface area contributed by atoms with Crippen LogP contribution in [0, 0.1) is 3.57 Å². The summed E-state index contributed by atoms with van der Waals surface area (Å²) in [5.41, 5.74) is 0. The molecule has 0 saturated carbocycles. The fourth-order valence-corrected chi connectivity index (χ4v) is 2.40. The number of benzene rings is 1. The Balaban J connectivity index is 2.56. The normalized spacial score (nSPS) is 10.1. The van der Waals surface area contributed by atoms with Crippen molar-refractivity contribution in [2.24, 2.45) is 0 Å². The number of ether oxygens (including phenoxy) is 1. The van der Waals surface area contributed by atoms with E-state index in [1.54, 1.807) is 0 Å². The highest BCUT2D eigenvalue weighted by Crippen LogP contribution is 2.26. The van der Waals surface area contributed by atoms with Gasteiger partial charge in [-0.2, -0.15) is 0 Å². The summed E-state index contributed by atoms with van der Waals surface area (Å²) in [7, 11) is 3.40. The molecule has 0 aromatic heterocycles. The molecule has 0 N–H and O–H groups in total. The molecule has 0 aliphatic rings. The molecule has 13 heavy (non-hydrogen) atoms. The van der Waals surface area contributed by atoms with E-state index in [-0.39, 0.29) is 0 Å². The maximum Gasteiger partial charge on any atom is 0.133 e. The molecule has 0 aliphatic heterocycles. The summed E-state index contributed by atoms with van der Waals surface area (Å²) in [6.45, 7) is 0.753. The van der Waals surface area contributed by atoms with Crippen molar-refractivity contribution < 1.29 is 4.74 Å². The molecule has 0 spiro atoms. The van der Waals surface area contributed by atoms with Crippen LogP contribution in [0.5, 0.6) is 5.75 Å². The molecule has 1 rings (SSSR count). The molecule has 1 nitrogen and oxygen atoms in total. The molecule has 0 atom stereocenters. The van der Waals surface area contributed by atoms with Crippen LogP contribution in [0.1, 0.15) is 6.42 Å². The van der Waals surface area contributed by atoms with E-state index in [1.165, 1.54) is 3.57 Å². The smallest absolute Gasteiger partial charge is 0.133 e. The molecule has 0 unspecified atom stereocenters. The van der Waals surface area contributed by atoms with Crippen LogP contribution < -0.4 is 4.74 Å². The third-order valence-corrected chi connectivity index (χ3v) is 3.12. The van der Waals surface area contributed by atoms with Crippen molar-refractivity contribution in [1.29, 1.82) is 0 Å². The molecule has 0 fully saturated rings. The van der Waals surface area contributed by atoms with Crippen LogP contribution in [-0.2, 0) is 0 Å². The van der Waals surface area contributed by atoms with Gasteiger partial charge in [0, 0.05) is 13.8 Å². The van der Waals surface area contributed by atoms with E-state index in [9.17, 15) is 0 Å². The second kappa shape index (κ2) is 6.03. The van der Waals surface area contributed by atoms with Gasteiger partial charge in [-0.25, -0.2) is 0 Å². The Bertz CT molecular complexity index is 280. The van der Waals surface area contributed by atoms with Gasteiger partial charge in [0.15, 0.2) is 0 Å². The first-order valence-corrected chi connectivity index (χ1v) is 6.54. The zero-order valence-corrected chi connectivity index (χ0v) is 11.8. The third-order valence-electron chi connectivity index (χ3n) is 1.47. The van der Waals surface area contributed by atoms with Gasteiger partial charge >= 0.3 is 0 Å².